The second-order valence-electron chi connectivity index (χ2n) is 4.00. The Kier molecular flexibility index (Phi) is 4.54. The quantitative estimate of drug-likeness (QED) is 0.640. The van der Waals surface area contributed by atoms with E-state index in [-0.39, 0.29) is 26.4 Å². The van der Waals surface area contributed by atoms with Crippen molar-refractivity contribution < 1.29 is 14.1 Å². The summed E-state index contributed by atoms with van der Waals surface area (Å²) in [5.41, 5.74) is 0.260. The number of nitro benzene ring substituents is 1. The number of hydrogen-bond acceptors (Lipinski definition) is 3. The molecular formula is C13H7BrClFN2O3. The maximum atomic E-state index is 13.0. The third-order valence-electron chi connectivity index (χ3n) is 2.59. The van der Waals surface area contributed by atoms with Crippen LogP contribution in [0.1, 0.15) is 10.4 Å². The van der Waals surface area contributed by atoms with E-state index >= 15 is 0 Å². The van der Waals surface area contributed by atoms with Gasteiger partial charge in [0.2, 0.25) is 0 Å². The van der Waals surface area contributed by atoms with Gasteiger partial charge in [-0.2, -0.15) is 0 Å². The Morgan fingerprint density at radius 2 is 2.00 bits per heavy atom. The molecule has 0 saturated heterocycles. The molecule has 0 radical (unpaired) electrons. The van der Waals surface area contributed by atoms with Crippen LogP contribution in [0.15, 0.2) is 40.9 Å². The lowest BCUT2D eigenvalue weighted by Crippen LogP contribution is -2.13. The highest BCUT2D eigenvalue weighted by Gasteiger charge is 2.14. The number of anilines is 1. The number of carbonyl (C=O) groups excluding carboxylic acids is 1. The number of nitrogens with zero attached hydrogens (tertiary/aromatic N) is 1. The minimum atomic E-state index is -0.589. The fourth-order valence-corrected chi connectivity index (χ4v) is 2.34. The molecule has 1 amide bonds. The number of nitrogens with one attached hydrogen (secondary N) is 1. The summed E-state index contributed by atoms with van der Waals surface area (Å²) < 4.78 is 13.3. The minimum Gasteiger partial charge on any atom is -0.321 e. The van der Waals surface area contributed by atoms with Crippen LogP contribution in [0.25, 0.3) is 0 Å². The van der Waals surface area contributed by atoms with Gasteiger partial charge >= 0.3 is 0 Å². The van der Waals surface area contributed by atoms with E-state index < -0.39 is 16.6 Å². The number of non-ortho nitro benzene ring substituents is 1. The number of benzene rings is 2. The van der Waals surface area contributed by atoms with Gasteiger partial charge in [-0.15, -0.1) is 0 Å². The molecule has 1 N–H and O–H groups in total. The van der Waals surface area contributed by atoms with E-state index in [2.05, 4.69) is 21.2 Å². The van der Waals surface area contributed by atoms with E-state index in [9.17, 15) is 19.3 Å². The zero-order valence-electron chi connectivity index (χ0n) is 10.3. The van der Waals surface area contributed by atoms with Crippen LogP contribution in [0.4, 0.5) is 15.8 Å². The van der Waals surface area contributed by atoms with Crippen LogP contribution in [-0.2, 0) is 0 Å². The Morgan fingerprint density at radius 1 is 1.29 bits per heavy atom. The first-order valence-corrected chi connectivity index (χ1v) is 6.76. The van der Waals surface area contributed by atoms with Gasteiger partial charge in [0.05, 0.1) is 21.2 Å². The first-order chi connectivity index (χ1) is 9.88. The third kappa shape index (κ3) is 3.56. The molecule has 2 aromatic carbocycles. The van der Waals surface area contributed by atoms with E-state index in [0.717, 1.165) is 18.2 Å². The summed E-state index contributed by atoms with van der Waals surface area (Å²) >= 11 is 8.97. The summed E-state index contributed by atoms with van der Waals surface area (Å²) in [5.74, 6) is -0.996. The highest BCUT2D eigenvalue weighted by atomic mass is 79.9. The molecule has 0 spiro atoms. The maximum absolute atomic E-state index is 13.0. The monoisotopic (exact) mass is 372 g/mol. The summed E-state index contributed by atoms with van der Waals surface area (Å²) in [7, 11) is 0. The van der Waals surface area contributed by atoms with Crippen molar-refractivity contribution in [3.05, 3.63) is 67.4 Å². The Labute approximate surface area is 132 Å². The number of hydrogen-bond donors (Lipinski definition) is 1. The Hall–Kier alpha value is -1.99. The van der Waals surface area contributed by atoms with E-state index in [0.29, 0.717) is 0 Å². The molecule has 0 bridgehead atoms. The summed E-state index contributed by atoms with van der Waals surface area (Å²) in [4.78, 5) is 22.1. The lowest BCUT2D eigenvalue weighted by Gasteiger charge is -2.08. The van der Waals surface area contributed by atoms with Crippen molar-refractivity contribution in [2.75, 3.05) is 5.32 Å². The molecule has 0 saturated carbocycles. The normalized spacial score (nSPS) is 10.2. The number of nitro groups is 1. The van der Waals surface area contributed by atoms with Crippen molar-refractivity contribution in [3.8, 4) is 0 Å². The number of halogens is 3. The summed E-state index contributed by atoms with van der Waals surface area (Å²) in [6.45, 7) is 0. The summed E-state index contributed by atoms with van der Waals surface area (Å²) in [6, 6.07) is 7.31. The fourth-order valence-electron chi connectivity index (χ4n) is 1.58. The molecule has 8 heteroatoms. The highest BCUT2D eigenvalue weighted by Crippen LogP contribution is 2.28. The molecule has 0 aromatic heterocycles. The van der Waals surface area contributed by atoms with Crippen molar-refractivity contribution in [3.63, 3.8) is 0 Å². The number of carbonyl (C=O) groups is 1. The minimum absolute atomic E-state index is 0.0378. The molecule has 0 fully saturated rings. The van der Waals surface area contributed by atoms with Crippen LogP contribution in [0.2, 0.25) is 5.02 Å². The smallest absolute Gasteiger partial charge is 0.271 e. The maximum Gasteiger partial charge on any atom is 0.271 e. The highest BCUT2D eigenvalue weighted by molar-refractivity contribution is 9.10. The molecule has 108 valence electrons. The predicted octanol–water partition coefficient (Wildman–Crippen LogP) is 4.40. The molecule has 5 nitrogen and oxygen atoms in total. The van der Waals surface area contributed by atoms with Crippen LogP contribution < -0.4 is 5.32 Å². The van der Waals surface area contributed by atoms with Gasteiger partial charge in [0.1, 0.15) is 5.82 Å². The first-order valence-electron chi connectivity index (χ1n) is 5.59. The van der Waals surface area contributed by atoms with E-state index in [1.54, 1.807) is 0 Å². The van der Waals surface area contributed by atoms with Crippen LogP contribution in [-0.4, -0.2) is 10.8 Å². The molecule has 0 heterocycles. The lowest BCUT2D eigenvalue weighted by atomic mass is 10.2. The van der Waals surface area contributed by atoms with Gasteiger partial charge in [0, 0.05) is 16.6 Å². The Morgan fingerprint density at radius 3 is 2.57 bits per heavy atom. The van der Waals surface area contributed by atoms with Crippen LogP contribution >= 0.6 is 27.5 Å². The number of amides is 1. The van der Waals surface area contributed by atoms with Gasteiger partial charge in [0.15, 0.2) is 0 Å². The standard InChI is InChI=1S/C13H7BrClFN2O3/c14-10-5-7(16)1-3-9(10)13(19)17-12-4-2-8(18(20)21)6-11(12)15/h1-6H,(H,17,19). The van der Waals surface area contributed by atoms with Gasteiger partial charge in [-0.3, -0.25) is 14.9 Å². The van der Waals surface area contributed by atoms with Crippen molar-refractivity contribution in [1.82, 2.24) is 0 Å². The SMILES string of the molecule is O=C(Nc1ccc([N+](=O)[O-])cc1Cl)c1ccc(F)cc1Br. The second-order valence-corrected chi connectivity index (χ2v) is 5.26. The zero-order valence-corrected chi connectivity index (χ0v) is 12.6. The molecule has 0 aliphatic heterocycles. The summed E-state index contributed by atoms with van der Waals surface area (Å²) in [6.07, 6.45) is 0. The van der Waals surface area contributed by atoms with Crippen molar-refractivity contribution >= 4 is 44.8 Å². The molecular weight excluding hydrogens is 367 g/mol. The van der Waals surface area contributed by atoms with Gasteiger partial charge < -0.3 is 5.32 Å². The van der Waals surface area contributed by atoms with Crippen LogP contribution in [0, 0.1) is 15.9 Å². The van der Waals surface area contributed by atoms with Crippen LogP contribution in [0.3, 0.4) is 0 Å². The van der Waals surface area contributed by atoms with E-state index in [1.807, 2.05) is 0 Å². The molecule has 0 aliphatic carbocycles. The van der Waals surface area contributed by atoms with Gasteiger partial charge in [-0.1, -0.05) is 11.6 Å². The third-order valence-corrected chi connectivity index (χ3v) is 3.56. The summed E-state index contributed by atoms with van der Waals surface area (Å²) in [5, 5.41) is 13.1. The van der Waals surface area contributed by atoms with Crippen molar-refractivity contribution in [1.29, 1.82) is 0 Å². The average Bonchev–Trinajstić information content (AvgIpc) is 2.40. The molecule has 21 heavy (non-hydrogen) atoms. The molecule has 0 aliphatic rings. The zero-order chi connectivity index (χ0) is 15.6. The topological polar surface area (TPSA) is 72.2 Å². The Balaban J connectivity index is 2.25. The van der Waals surface area contributed by atoms with Gasteiger partial charge in [-0.25, -0.2) is 4.39 Å². The fraction of sp³-hybridized carbons (Fsp3) is 0. The first kappa shape index (κ1) is 15.4. The molecule has 2 aromatic rings. The predicted molar refractivity (Wildman–Crippen MR) is 80.2 cm³/mol. The van der Waals surface area contributed by atoms with E-state index in [4.69, 9.17) is 11.6 Å². The van der Waals surface area contributed by atoms with Gasteiger partial charge in [-0.05, 0) is 40.2 Å². The largest absolute Gasteiger partial charge is 0.321 e. The van der Waals surface area contributed by atoms with Crippen LogP contribution in [0.5, 0.6) is 0 Å². The van der Waals surface area contributed by atoms with Crippen molar-refractivity contribution in [2.24, 2.45) is 0 Å². The second kappa shape index (κ2) is 6.19. The molecule has 0 atom stereocenters. The molecule has 2 rings (SSSR count). The lowest BCUT2D eigenvalue weighted by molar-refractivity contribution is -0.384. The van der Waals surface area contributed by atoms with Crippen molar-refractivity contribution in [2.45, 2.75) is 0 Å². The molecule has 0 unspecified atom stereocenters. The van der Waals surface area contributed by atoms with Gasteiger partial charge in [0.25, 0.3) is 11.6 Å². The Bertz CT molecular complexity index is 739. The van der Waals surface area contributed by atoms with E-state index in [1.165, 1.54) is 18.2 Å². The average molecular weight is 374 g/mol. The number of rotatable bonds is 3.